The SMILES string of the molecule is CC#CCC(NC)c1ccccc1SC. The summed E-state index contributed by atoms with van der Waals surface area (Å²) in [5, 5.41) is 3.31. The number of rotatable bonds is 4. The zero-order valence-corrected chi connectivity index (χ0v) is 10.3. The molecule has 0 aromatic heterocycles. The lowest BCUT2D eigenvalue weighted by Gasteiger charge is -2.16. The highest BCUT2D eigenvalue weighted by atomic mass is 32.2. The van der Waals surface area contributed by atoms with Crippen LogP contribution >= 0.6 is 11.8 Å². The van der Waals surface area contributed by atoms with E-state index in [4.69, 9.17) is 0 Å². The van der Waals surface area contributed by atoms with E-state index in [1.165, 1.54) is 10.5 Å². The van der Waals surface area contributed by atoms with Gasteiger partial charge in [0.25, 0.3) is 0 Å². The lowest BCUT2D eigenvalue weighted by atomic mass is 10.0. The molecule has 1 nitrogen and oxygen atoms in total. The quantitative estimate of drug-likeness (QED) is 0.617. The summed E-state index contributed by atoms with van der Waals surface area (Å²) in [6, 6.07) is 8.82. The van der Waals surface area contributed by atoms with Gasteiger partial charge in [0.05, 0.1) is 0 Å². The molecule has 0 heterocycles. The van der Waals surface area contributed by atoms with Gasteiger partial charge in [0.2, 0.25) is 0 Å². The molecule has 1 N–H and O–H groups in total. The van der Waals surface area contributed by atoms with Crippen LogP contribution < -0.4 is 5.32 Å². The van der Waals surface area contributed by atoms with Crippen molar-refractivity contribution < 1.29 is 0 Å². The lowest BCUT2D eigenvalue weighted by molar-refractivity contribution is 0.601. The van der Waals surface area contributed by atoms with Crippen molar-refractivity contribution >= 4 is 11.8 Å². The highest BCUT2D eigenvalue weighted by Crippen LogP contribution is 2.26. The van der Waals surface area contributed by atoms with Gasteiger partial charge < -0.3 is 5.32 Å². The van der Waals surface area contributed by atoms with Gasteiger partial charge in [-0.05, 0) is 31.9 Å². The van der Waals surface area contributed by atoms with Crippen molar-refractivity contribution in [1.82, 2.24) is 5.32 Å². The summed E-state index contributed by atoms with van der Waals surface area (Å²) in [5.41, 5.74) is 1.34. The molecule has 1 unspecified atom stereocenters. The molecule has 0 bridgehead atoms. The Morgan fingerprint density at radius 1 is 1.40 bits per heavy atom. The highest BCUT2D eigenvalue weighted by Gasteiger charge is 2.10. The molecular formula is C13H17NS. The molecule has 0 saturated carbocycles. The second-order valence-electron chi connectivity index (χ2n) is 3.21. The first kappa shape index (κ1) is 12.2. The van der Waals surface area contributed by atoms with Crippen LogP contribution in [-0.4, -0.2) is 13.3 Å². The number of benzene rings is 1. The first-order valence-electron chi connectivity index (χ1n) is 5.03. The number of nitrogens with one attached hydrogen (secondary N) is 1. The van der Waals surface area contributed by atoms with Crippen molar-refractivity contribution in [2.75, 3.05) is 13.3 Å². The van der Waals surface area contributed by atoms with E-state index in [1.807, 2.05) is 14.0 Å². The highest BCUT2D eigenvalue weighted by molar-refractivity contribution is 7.98. The van der Waals surface area contributed by atoms with Crippen LogP contribution in [0.5, 0.6) is 0 Å². The fourth-order valence-electron chi connectivity index (χ4n) is 1.53. The third-order valence-corrected chi connectivity index (χ3v) is 3.16. The Kier molecular flexibility index (Phi) is 5.31. The molecular weight excluding hydrogens is 202 g/mol. The molecule has 15 heavy (non-hydrogen) atoms. The Morgan fingerprint density at radius 3 is 2.73 bits per heavy atom. The van der Waals surface area contributed by atoms with Crippen LogP contribution in [0, 0.1) is 11.8 Å². The molecule has 0 saturated heterocycles. The van der Waals surface area contributed by atoms with Gasteiger partial charge in [0, 0.05) is 17.4 Å². The standard InChI is InChI=1S/C13H17NS/c1-4-5-9-12(14-2)11-8-6-7-10-13(11)15-3/h6-8,10,12,14H,9H2,1-3H3. The van der Waals surface area contributed by atoms with E-state index >= 15 is 0 Å². The topological polar surface area (TPSA) is 12.0 Å². The fourth-order valence-corrected chi connectivity index (χ4v) is 2.19. The maximum Gasteiger partial charge on any atom is 0.0439 e. The molecule has 1 aromatic carbocycles. The second kappa shape index (κ2) is 6.55. The molecule has 0 amide bonds. The molecule has 0 aliphatic carbocycles. The lowest BCUT2D eigenvalue weighted by Crippen LogP contribution is -2.16. The Morgan fingerprint density at radius 2 is 2.13 bits per heavy atom. The zero-order chi connectivity index (χ0) is 11.1. The average Bonchev–Trinajstić information content (AvgIpc) is 2.30. The van der Waals surface area contributed by atoms with Crippen LogP contribution in [0.15, 0.2) is 29.2 Å². The van der Waals surface area contributed by atoms with E-state index in [1.54, 1.807) is 11.8 Å². The van der Waals surface area contributed by atoms with Gasteiger partial charge in [-0.2, -0.15) is 0 Å². The molecule has 1 atom stereocenters. The van der Waals surface area contributed by atoms with Crippen LogP contribution in [0.3, 0.4) is 0 Å². The average molecular weight is 219 g/mol. The molecule has 0 spiro atoms. The predicted octanol–water partition coefficient (Wildman–Crippen LogP) is 3.08. The van der Waals surface area contributed by atoms with Gasteiger partial charge >= 0.3 is 0 Å². The summed E-state index contributed by atoms with van der Waals surface area (Å²) < 4.78 is 0. The molecule has 80 valence electrons. The van der Waals surface area contributed by atoms with Crippen LogP contribution in [0.25, 0.3) is 0 Å². The molecule has 0 aliphatic heterocycles. The monoisotopic (exact) mass is 219 g/mol. The third-order valence-electron chi connectivity index (χ3n) is 2.35. The number of hydrogen-bond acceptors (Lipinski definition) is 2. The smallest absolute Gasteiger partial charge is 0.0439 e. The minimum absolute atomic E-state index is 0.334. The minimum Gasteiger partial charge on any atom is -0.312 e. The largest absolute Gasteiger partial charge is 0.312 e. The van der Waals surface area contributed by atoms with Crippen molar-refractivity contribution in [3.05, 3.63) is 29.8 Å². The first-order valence-corrected chi connectivity index (χ1v) is 6.25. The van der Waals surface area contributed by atoms with Crippen molar-refractivity contribution in [3.63, 3.8) is 0 Å². The van der Waals surface area contributed by atoms with Crippen molar-refractivity contribution in [2.24, 2.45) is 0 Å². The van der Waals surface area contributed by atoms with Gasteiger partial charge in [-0.3, -0.25) is 0 Å². The number of hydrogen-bond donors (Lipinski definition) is 1. The van der Waals surface area contributed by atoms with Crippen molar-refractivity contribution in [1.29, 1.82) is 0 Å². The Hall–Kier alpha value is -0.910. The van der Waals surface area contributed by atoms with Gasteiger partial charge in [-0.25, -0.2) is 0 Å². The molecule has 1 rings (SSSR count). The second-order valence-corrected chi connectivity index (χ2v) is 4.06. The first-order chi connectivity index (χ1) is 7.33. The fraction of sp³-hybridized carbons (Fsp3) is 0.385. The van der Waals surface area contributed by atoms with Crippen LogP contribution in [0.2, 0.25) is 0 Å². The minimum atomic E-state index is 0.334. The maximum atomic E-state index is 3.31. The van der Waals surface area contributed by atoms with Crippen molar-refractivity contribution in [2.45, 2.75) is 24.3 Å². The van der Waals surface area contributed by atoms with E-state index in [0.29, 0.717) is 6.04 Å². The van der Waals surface area contributed by atoms with Gasteiger partial charge in [-0.15, -0.1) is 23.6 Å². The van der Waals surface area contributed by atoms with E-state index in [2.05, 4.69) is 47.7 Å². The summed E-state index contributed by atoms with van der Waals surface area (Å²) in [6.07, 6.45) is 2.97. The van der Waals surface area contributed by atoms with Crippen LogP contribution in [0.4, 0.5) is 0 Å². The molecule has 0 radical (unpaired) electrons. The van der Waals surface area contributed by atoms with Crippen molar-refractivity contribution in [3.8, 4) is 11.8 Å². The van der Waals surface area contributed by atoms with E-state index in [9.17, 15) is 0 Å². The van der Waals surface area contributed by atoms with Gasteiger partial charge in [0.15, 0.2) is 0 Å². The predicted molar refractivity (Wildman–Crippen MR) is 68.1 cm³/mol. The van der Waals surface area contributed by atoms with E-state index < -0.39 is 0 Å². The number of thioether (sulfide) groups is 1. The van der Waals surface area contributed by atoms with Gasteiger partial charge in [0.1, 0.15) is 0 Å². The van der Waals surface area contributed by atoms with E-state index in [0.717, 1.165) is 6.42 Å². The van der Waals surface area contributed by atoms with Crippen LogP contribution in [-0.2, 0) is 0 Å². The summed E-state index contributed by atoms with van der Waals surface area (Å²) in [6.45, 7) is 1.88. The summed E-state index contributed by atoms with van der Waals surface area (Å²) in [7, 11) is 1.99. The maximum absolute atomic E-state index is 3.31. The third kappa shape index (κ3) is 3.30. The Labute approximate surface area is 96.7 Å². The molecule has 0 fully saturated rings. The summed E-state index contributed by atoms with van der Waals surface area (Å²) in [5.74, 6) is 6.07. The Balaban J connectivity index is 2.93. The van der Waals surface area contributed by atoms with Gasteiger partial charge in [-0.1, -0.05) is 18.2 Å². The summed E-state index contributed by atoms with van der Waals surface area (Å²) >= 11 is 1.78. The summed E-state index contributed by atoms with van der Waals surface area (Å²) in [4.78, 5) is 1.33. The van der Waals surface area contributed by atoms with Crippen LogP contribution in [0.1, 0.15) is 24.9 Å². The molecule has 1 aromatic rings. The molecule has 0 aliphatic rings. The zero-order valence-electron chi connectivity index (χ0n) is 9.50. The Bertz CT molecular complexity index is 362. The normalized spacial score (nSPS) is 11.7. The van der Waals surface area contributed by atoms with E-state index in [-0.39, 0.29) is 0 Å². The molecule has 2 heteroatoms.